The van der Waals surface area contributed by atoms with Crippen molar-refractivity contribution in [2.75, 3.05) is 13.1 Å². The Morgan fingerprint density at radius 1 is 1.38 bits per heavy atom. The van der Waals surface area contributed by atoms with Gasteiger partial charge in [-0.25, -0.2) is 0 Å². The molecule has 0 amide bonds. The first-order valence-electron chi connectivity index (χ1n) is 4.79. The maximum atomic E-state index is 3.44. The smallest absolute Gasteiger partial charge is 0.0138 e. The average Bonchev–Trinajstić information content (AvgIpc) is 2.18. The van der Waals surface area contributed by atoms with E-state index in [2.05, 4.69) is 43.5 Å². The highest BCUT2D eigenvalue weighted by atomic mass is 16.0. The third kappa shape index (κ3) is 4.25. The van der Waals surface area contributed by atoms with E-state index in [1.807, 2.05) is 0 Å². The summed E-state index contributed by atoms with van der Waals surface area (Å²) in [6, 6.07) is 0. The van der Waals surface area contributed by atoms with Crippen molar-refractivity contribution < 1.29 is 6.90 Å². The zero-order valence-corrected chi connectivity index (χ0v) is 8.64. The summed E-state index contributed by atoms with van der Waals surface area (Å²) in [7, 11) is 0. The van der Waals surface area contributed by atoms with Gasteiger partial charge in [0.25, 0.3) is 0 Å². The molecule has 2 heteroatoms. The van der Waals surface area contributed by atoms with Gasteiger partial charge in [-0.3, -0.25) is 0 Å². The van der Waals surface area contributed by atoms with Gasteiger partial charge in [-0.2, -0.15) is 0 Å². The van der Waals surface area contributed by atoms with Crippen molar-refractivity contribution in [3.8, 4) is 0 Å². The van der Waals surface area contributed by atoms with Crippen molar-refractivity contribution in [3.05, 3.63) is 24.3 Å². The van der Waals surface area contributed by atoms with Crippen LogP contribution in [-0.2, 0) is 0 Å². The molecule has 3 N–H and O–H groups in total. The van der Waals surface area contributed by atoms with Gasteiger partial charge in [0.05, 0.1) is 0 Å². The van der Waals surface area contributed by atoms with E-state index >= 15 is 0 Å². The standard InChI is InChI=1S/C11H19N.H2O.H2/c1-3-11(2)8-6-4-5-7-9-12-10-11;;/h4-7,12H,3,8-10H2,1-2H3;1H2;1H/b6-4-,7-5-;;. The van der Waals surface area contributed by atoms with E-state index in [0.717, 1.165) is 13.1 Å². The van der Waals surface area contributed by atoms with Gasteiger partial charge in [0.2, 0.25) is 0 Å². The van der Waals surface area contributed by atoms with Gasteiger partial charge in [-0.1, -0.05) is 38.2 Å². The van der Waals surface area contributed by atoms with Gasteiger partial charge in [0, 0.05) is 14.5 Å². The Kier molecular flexibility index (Phi) is 5.67. The maximum Gasteiger partial charge on any atom is 0.0138 e. The van der Waals surface area contributed by atoms with Crippen LogP contribution in [0.4, 0.5) is 0 Å². The first kappa shape index (κ1) is 12.4. The van der Waals surface area contributed by atoms with Crippen LogP contribution in [0, 0.1) is 5.41 Å². The largest absolute Gasteiger partial charge is 0.412 e. The number of allylic oxidation sites excluding steroid dienone is 3. The molecule has 1 aliphatic heterocycles. The van der Waals surface area contributed by atoms with E-state index in [1.165, 1.54) is 12.8 Å². The van der Waals surface area contributed by atoms with Gasteiger partial charge in [-0.15, -0.1) is 0 Å². The summed E-state index contributed by atoms with van der Waals surface area (Å²) in [6.07, 6.45) is 11.1. The van der Waals surface area contributed by atoms with Crippen molar-refractivity contribution >= 4 is 0 Å². The molecule has 78 valence electrons. The van der Waals surface area contributed by atoms with Crippen molar-refractivity contribution in [1.29, 1.82) is 0 Å². The second kappa shape index (κ2) is 5.95. The van der Waals surface area contributed by atoms with Gasteiger partial charge in [-0.05, 0) is 18.3 Å². The zero-order valence-electron chi connectivity index (χ0n) is 8.64. The molecule has 1 rings (SSSR count). The third-order valence-corrected chi connectivity index (χ3v) is 2.66. The lowest BCUT2D eigenvalue weighted by Gasteiger charge is -2.26. The molecular weight excluding hydrogens is 162 g/mol. The van der Waals surface area contributed by atoms with Crippen LogP contribution in [0.5, 0.6) is 0 Å². The molecule has 1 unspecified atom stereocenters. The lowest BCUT2D eigenvalue weighted by Crippen LogP contribution is -2.30. The summed E-state index contributed by atoms with van der Waals surface area (Å²) < 4.78 is 0. The van der Waals surface area contributed by atoms with Crippen LogP contribution in [-0.4, -0.2) is 18.6 Å². The summed E-state index contributed by atoms with van der Waals surface area (Å²) in [4.78, 5) is 0. The molecule has 0 spiro atoms. The van der Waals surface area contributed by atoms with E-state index in [4.69, 9.17) is 0 Å². The quantitative estimate of drug-likeness (QED) is 0.666. The highest BCUT2D eigenvalue weighted by molar-refractivity contribution is 5.06. The number of hydrogen-bond acceptors (Lipinski definition) is 1. The first-order chi connectivity index (χ1) is 5.77. The molecule has 0 aromatic heterocycles. The van der Waals surface area contributed by atoms with Crippen LogP contribution in [0.2, 0.25) is 0 Å². The van der Waals surface area contributed by atoms with E-state index in [1.54, 1.807) is 0 Å². The summed E-state index contributed by atoms with van der Waals surface area (Å²) in [5, 5.41) is 3.44. The van der Waals surface area contributed by atoms with E-state index in [-0.39, 0.29) is 6.90 Å². The summed E-state index contributed by atoms with van der Waals surface area (Å²) in [5.41, 5.74) is 0.447. The van der Waals surface area contributed by atoms with Gasteiger partial charge < -0.3 is 10.8 Å². The molecule has 1 heterocycles. The van der Waals surface area contributed by atoms with Gasteiger partial charge in [0.15, 0.2) is 0 Å². The fourth-order valence-electron chi connectivity index (χ4n) is 1.38. The Hall–Kier alpha value is -0.600. The Morgan fingerprint density at radius 3 is 2.77 bits per heavy atom. The topological polar surface area (TPSA) is 43.5 Å². The molecule has 2 nitrogen and oxygen atoms in total. The zero-order chi connectivity index (χ0) is 8.86. The highest BCUT2D eigenvalue weighted by Gasteiger charge is 2.19. The lowest BCUT2D eigenvalue weighted by atomic mass is 9.84. The summed E-state index contributed by atoms with van der Waals surface area (Å²) in [6.45, 7) is 6.73. The number of nitrogens with one attached hydrogen (secondary N) is 1. The second-order valence-corrected chi connectivity index (χ2v) is 3.86. The van der Waals surface area contributed by atoms with Crippen LogP contribution >= 0.6 is 0 Å². The Bertz CT molecular complexity index is 192. The predicted molar refractivity (Wildman–Crippen MR) is 59.9 cm³/mol. The highest BCUT2D eigenvalue weighted by Crippen LogP contribution is 2.25. The van der Waals surface area contributed by atoms with Crippen LogP contribution in [0.1, 0.15) is 28.1 Å². The second-order valence-electron chi connectivity index (χ2n) is 3.86. The predicted octanol–water partition coefficient (Wildman–Crippen LogP) is 1.93. The van der Waals surface area contributed by atoms with Gasteiger partial charge in [0.1, 0.15) is 0 Å². The van der Waals surface area contributed by atoms with Crippen LogP contribution in [0.25, 0.3) is 0 Å². The minimum Gasteiger partial charge on any atom is -0.412 e. The Morgan fingerprint density at radius 2 is 2.08 bits per heavy atom. The minimum absolute atomic E-state index is 0. The van der Waals surface area contributed by atoms with E-state index in [9.17, 15) is 0 Å². The van der Waals surface area contributed by atoms with Crippen molar-refractivity contribution in [1.82, 2.24) is 5.32 Å². The Balaban J connectivity index is 0. The molecule has 13 heavy (non-hydrogen) atoms. The monoisotopic (exact) mass is 185 g/mol. The molecule has 0 fully saturated rings. The van der Waals surface area contributed by atoms with E-state index in [0.29, 0.717) is 5.41 Å². The molecular formula is C11H23NO. The Labute approximate surface area is 82.5 Å². The lowest BCUT2D eigenvalue weighted by molar-refractivity contribution is 0.301. The molecule has 0 saturated heterocycles. The first-order valence-corrected chi connectivity index (χ1v) is 4.79. The molecule has 1 atom stereocenters. The molecule has 0 saturated carbocycles. The number of hydrogen-bond donors (Lipinski definition) is 1. The average molecular weight is 185 g/mol. The van der Waals surface area contributed by atoms with Crippen molar-refractivity contribution in [3.63, 3.8) is 0 Å². The fourth-order valence-corrected chi connectivity index (χ4v) is 1.38. The molecule has 0 bridgehead atoms. The fraction of sp³-hybridized carbons (Fsp3) is 0.636. The number of rotatable bonds is 1. The molecule has 0 radical (unpaired) electrons. The molecule has 0 aliphatic carbocycles. The maximum absolute atomic E-state index is 3.44. The summed E-state index contributed by atoms with van der Waals surface area (Å²) >= 11 is 0. The SMILES string of the molecule is CCC1(C)C/C=C\C=C/CNC1.O.[HH]. The van der Waals surface area contributed by atoms with Crippen LogP contribution in [0.3, 0.4) is 0 Å². The van der Waals surface area contributed by atoms with Crippen LogP contribution < -0.4 is 5.32 Å². The minimum atomic E-state index is 0. The third-order valence-electron chi connectivity index (χ3n) is 2.66. The van der Waals surface area contributed by atoms with Gasteiger partial charge >= 0.3 is 0 Å². The van der Waals surface area contributed by atoms with Crippen LogP contribution in [0.15, 0.2) is 24.3 Å². The molecule has 0 aromatic carbocycles. The molecule has 1 aliphatic rings. The van der Waals surface area contributed by atoms with E-state index < -0.39 is 0 Å². The van der Waals surface area contributed by atoms with Crippen molar-refractivity contribution in [2.24, 2.45) is 5.41 Å². The normalized spacial score (nSPS) is 33.4. The summed E-state index contributed by atoms with van der Waals surface area (Å²) in [5.74, 6) is 0. The van der Waals surface area contributed by atoms with Crippen molar-refractivity contribution in [2.45, 2.75) is 26.7 Å². The molecule has 0 aromatic rings.